The fourth-order valence-electron chi connectivity index (χ4n) is 3.16. The van der Waals surface area contributed by atoms with Crippen molar-refractivity contribution in [3.8, 4) is 0 Å². The minimum atomic E-state index is -0.245. The van der Waals surface area contributed by atoms with Crippen LogP contribution in [0.3, 0.4) is 0 Å². The molecule has 2 rings (SSSR count). The first-order valence-corrected chi connectivity index (χ1v) is 9.60. The van der Waals surface area contributed by atoms with Crippen molar-refractivity contribution in [2.24, 2.45) is 5.92 Å². The standard InChI is InChI=1S/C15H30O4Si/c1-15(2,18-10-14(16-3)17-4)20-8-7-11-5-6-12-13(9-11)19-12/h11-14H,5-10,20H2,1-4H3. The number of hydrogen-bond donors (Lipinski definition) is 0. The van der Waals surface area contributed by atoms with Gasteiger partial charge in [0.25, 0.3) is 0 Å². The molecule has 0 aromatic heterocycles. The van der Waals surface area contributed by atoms with Crippen LogP contribution in [0.15, 0.2) is 0 Å². The van der Waals surface area contributed by atoms with Crippen LogP contribution in [0.2, 0.25) is 6.04 Å². The summed E-state index contributed by atoms with van der Waals surface area (Å²) in [4.78, 5) is 0. The Morgan fingerprint density at radius 2 is 1.95 bits per heavy atom. The first kappa shape index (κ1) is 16.4. The molecule has 1 heterocycles. The summed E-state index contributed by atoms with van der Waals surface area (Å²) in [6.45, 7) is 4.94. The molecule has 3 atom stereocenters. The lowest BCUT2D eigenvalue weighted by Gasteiger charge is -2.28. The van der Waals surface area contributed by atoms with Crippen molar-refractivity contribution in [3.63, 3.8) is 0 Å². The Balaban J connectivity index is 1.59. The van der Waals surface area contributed by atoms with Crippen LogP contribution in [0.25, 0.3) is 0 Å². The summed E-state index contributed by atoms with van der Waals surface area (Å²) in [5.41, 5.74) is 0. The van der Waals surface area contributed by atoms with Crippen molar-refractivity contribution in [3.05, 3.63) is 0 Å². The molecule has 0 amide bonds. The van der Waals surface area contributed by atoms with E-state index in [2.05, 4.69) is 13.8 Å². The molecule has 5 heteroatoms. The SMILES string of the molecule is COC(COC(C)(C)[SiH2]CCC1CCC2OC2C1)OC. The molecular formula is C15H30O4Si. The second-order valence-corrected chi connectivity index (χ2v) is 9.67. The zero-order valence-electron chi connectivity index (χ0n) is 13.4. The van der Waals surface area contributed by atoms with Gasteiger partial charge < -0.3 is 18.9 Å². The molecule has 0 aromatic carbocycles. The van der Waals surface area contributed by atoms with E-state index >= 15 is 0 Å². The fraction of sp³-hybridized carbons (Fsp3) is 1.00. The molecule has 2 fully saturated rings. The van der Waals surface area contributed by atoms with Gasteiger partial charge in [-0.1, -0.05) is 12.5 Å². The Labute approximate surface area is 125 Å². The van der Waals surface area contributed by atoms with Crippen molar-refractivity contribution in [2.45, 2.75) is 69.3 Å². The van der Waals surface area contributed by atoms with E-state index in [9.17, 15) is 0 Å². The molecule has 1 saturated carbocycles. The number of ether oxygens (including phenoxy) is 4. The zero-order chi connectivity index (χ0) is 14.6. The van der Waals surface area contributed by atoms with Gasteiger partial charge in [-0.15, -0.1) is 0 Å². The maximum atomic E-state index is 5.98. The van der Waals surface area contributed by atoms with Crippen LogP contribution >= 0.6 is 0 Å². The third kappa shape index (κ3) is 5.11. The Kier molecular flexibility index (Phi) is 6.04. The minimum absolute atomic E-state index is 0.0304. The van der Waals surface area contributed by atoms with Gasteiger partial charge >= 0.3 is 0 Å². The molecule has 3 unspecified atom stereocenters. The number of methoxy groups -OCH3 is 2. The Morgan fingerprint density at radius 3 is 2.60 bits per heavy atom. The summed E-state index contributed by atoms with van der Waals surface area (Å²) in [6.07, 6.45) is 6.32. The van der Waals surface area contributed by atoms with Gasteiger partial charge in [-0.05, 0) is 39.0 Å². The second kappa shape index (κ2) is 7.36. The quantitative estimate of drug-likeness (QED) is 0.370. The van der Waals surface area contributed by atoms with E-state index in [0.29, 0.717) is 18.8 Å². The monoisotopic (exact) mass is 302 g/mol. The average molecular weight is 302 g/mol. The molecule has 0 bridgehead atoms. The molecular weight excluding hydrogens is 272 g/mol. The highest BCUT2D eigenvalue weighted by atomic mass is 28.2. The zero-order valence-corrected chi connectivity index (χ0v) is 14.8. The topological polar surface area (TPSA) is 40.2 Å². The van der Waals surface area contributed by atoms with Crippen LogP contribution in [0.5, 0.6) is 0 Å². The highest BCUT2D eigenvalue weighted by Gasteiger charge is 2.43. The van der Waals surface area contributed by atoms with Crippen molar-refractivity contribution in [1.82, 2.24) is 0 Å². The van der Waals surface area contributed by atoms with Gasteiger partial charge in [0.2, 0.25) is 0 Å². The molecule has 20 heavy (non-hydrogen) atoms. The Hall–Kier alpha value is 0.0569. The molecule has 1 saturated heterocycles. The van der Waals surface area contributed by atoms with Crippen LogP contribution in [-0.4, -0.2) is 54.1 Å². The van der Waals surface area contributed by atoms with E-state index in [0.717, 1.165) is 5.92 Å². The predicted molar refractivity (Wildman–Crippen MR) is 81.8 cm³/mol. The van der Waals surface area contributed by atoms with Gasteiger partial charge in [0, 0.05) is 19.4 Å². The van der Waals surface area contributed by atoms with Crippen LogP contribution in [-0.2, 0) is 18.9 Å². The summed E-state index contributed by atoms with van der Waals surface area (Å²) in [5, 5.41) is 0.0304. The van der Waals surface area contributed by atoms with Crippen LogP contribution in [0, 0.1) is 5.92 Å². The molecule has 118 valence electrons. The summed E-state index contributed by atoms with van der Waals surface area (Å²) in [7, 11) is 3.06. The van der Waals surface area contributed by atoms with Crippen LogP contribution in [0.4, 0.5) is 0 Å². The third-order valence-electron chi connectivity index (χ3n) is 4.64. The minimum Gasteiger partial charge on any atom is -0.374 e. The third-order valence-corrected chi connectivity index (χ3v) is 6.81. The number of rotatable bonds is 9. The molecule has 4 nitrogen and oxygen atoms in total. The number of epoxide rings is 1. The van der Waals surface area contributed by atoms with Gasteiger partial charge in [0.15, 0.2) is 6.29 Å². The van der Waals surface area contributed by atoms with E-state index in [-0.39, 0.29) is 21.0 Å². The molecule has 0 N–H and O–H groups in total. The van der Waals surface area contributed by atoms with Gasteiger partial charge in [0.05, 0.1) is 28.3 Å². The van der Waals surface area contributed by atoms with E-state index in [1.165, 1.54) is 31.7 Å². The second-order valence-electron chi connectivity index (χ2n) is 6.76. The van der Waals surface area contributed by atoms with Crippen molar-refractivity contribution < 1.29 is 18.9 Å². The highest BCUT2D eigenvalue weighted by Crippen LogP contribution is 2.41. The number of hydrogen-bond acceptors (Lipinski definition) is 4. The smallest absolute Gasteiger partial charge is 0.180 e. The van der Waals surface area contributed by atoms with E-state index in [4.69, 9.17) is 18.9 Å². The Bertz CT molecular complexity index is 294. The van der Waals surface area contributed by atoms with Gasteiger partial charge in [-0.2, -0.15) is 0 Å². The lowest BCUT2D eigenvalue weighted by molar-refractivity contribution is -0.154. The molecule has 0 aromatic rings. The van der Waals surface area contributed by atoms with Crippen molar-refractivity contribution in [2.75, 3.05) is 20.8 Å². The summed E-state index contributed by atoms with van der Waals surface area (Å²) in [5.74, 6) is 0.896. The van der Waals surface area contributed by atoms with E-state index in [1.807, 2.05) is 0 Å². The fourth-order valence-corrected chi connectivity index (χ4v) is 5.06. The number of fused-ring (bicyclic) bond motifs is 1. The lowest BCUT2D eigenvalue weighted by atomic mass is 9.88. The van der Waals surface area contributed by atoms with Gasteiger partial charge in [0.1, 0.15) is 0 Å². The van der Waals surface area contributed by atoms with E-state index < -0.39 is 0 Å². The van der Waals surface area contributed by atoms with E-state index in [1.54, 1.807) is 14.2 Å². The highest BCUT2D eigenvalue weighted by molar-refractivity contribution is 6.39. The molecule has 0 radical (unpaired) electrons. The maximum Gasteiger partial charge on any atom is 0.180 e. The van der Waals surface area contributed by atoms with Crippen molar-refractivity contribution in [1.29, 1.82) is 0 Å². The summed E-state index contributed by atoms with van der Waals surface area (Å²) < 4.78 is 21.9. The molecule has 1 aliphatic heterocycles. The van der Waals surface area contributed by atoms with Gasteiger partial charge in [-0.25, -0.2) is 0 Å². The molecule has 2 aliphatic rings. The molecule has 0 spiro atoms. The predicted octanol–water partition coefficient (Wildman–Crippen LogP) is 1.90. The van der Waals surface area contributed by atoms with Crippen LogP contribution in [0.1, 0.15) is 39.5 Å². The maximum absolute atomic E-state index is 5.98. The summed E-state index contributed by atoms with van der Waals surface area (Å²) in [6, 6.07) is 1.36. The largest absolute Gasteiger partial charge is 0.374 e. The first-order chi connectivity index (χ1) is 9.54. The summed E-state index contributed by atoms with van der Waals surface area (Å²) >= 11 is 0. The lowest BCUT2D eigenvalue weighted by Crippen LogP contribution is -2.36. The van der Waals surface area contributed by atoms with Gasteiger partial charge in [-0.3, -0.25) is 0 Å². The molecule has 1 aliphatic carbocycles. The average Bonchev–Trinajstić information content (AvgIpc) is 3.18. The van der Waals surface area contributed by atoms with Crippen LogP contribution < -0.4 is 0 Å². The first-order valence-electron chi connectivity index (χ1n) is 7.89. The Morgan fingerprint density at radius 1 is 1.20 bits per heavy atom. The normalized spacial score (nSPS) is 30.1. The van der Waals surface area contributed by atoms with Crippen molar-refractivity contribution >= 4 is 9.52 Å².